The minimum atomic E-state index is 0.829. The maximum atomic E-state index is 5.30. The summed E-state index contributed by atoms with van der Waals surface area (Å²) in [7, 11) is 1.70. The number of rotatable bonds is 6. The summed E-state index contributed by atoms with van der Waals surface area (Å²) in [5.41, 5.74) is 8.91. The summed E-state index contributed by atoms with van der Waals surface area (Å²) < 4.78 is 9.98. The van der Waals surface area contributed by atoms with Crippen molar-refractivity contribution in [3.05, 3.63) is 126 Å². The molecule has 0 saturated carbocycles. The van der Waals surface area contributed by atoms with Crippen LogP contribution in [0.25, 0.3) is 32.9 Å². The lowest BCUT2D eigenvalue weighted by Gasteiger charge is -2.11. The first-order valence-corrected chi connectivity index (χ1v) is 12.0. The Bertz CT molecular complexity index is 1640. The molecule has 35 heavy (non-hydrogen) atoms. The van der Waals surface area contributed by atoms with E-state index >= 15 is 0 Å². The molecule has 0 spiro atoms. The average Bonchev–Trinajstić information content (AvgIpc) is 3.49. The van der Waals surface area contributed by atoms with Crippen molar-refractivity contribution in [3.63, 3.8) is 0 Å². The van der Waals surface area contributed by atoms with Crippen LogP contribution in [0.15, 0.2) is 109 Å². The number of nitrogens with zero attached hydrogens (tertiary/aromatic N) is 2. The molecule has 6 rings (SSSR count). The van der Waals surface area contributed by atoms with Crippen molar-refractivity contribution in [1.29, 1.82) is 0 Å². The van der Waals surface area contributed by atoms with Gasteiger partial charge in [-0.2, -0.15) is 0 Å². The third-order valence-corrected chi connectivity index (χ3v) is 7.00. The van der Waals surface area contributed by atoms with Gasteiger partial charge < -0.3 is 13.9 Å². The number of hydrogen-bond acceptors (Lipinski definition) is 1. The Kier molecular flexibility index (Phi) is 5.38. The predicted molar refractivity (Wildman–Crippen MR) is 145 cm³/mol. The van der Waals surface area contributed by atoms with Gasteiger partial charge in [-0.25, -0.2) is 0 Å². The number of hydrogen-bond donors (Lipinski definition) is 0. The van der Waals surface area contributed by atoms with Gasteiger partial charge in [-0.1, -0.05) is 60.7 Å². The normalized spacial score (nSPS) is 11.4. The van der Waals surface area contributed by atoms with Gasteiger partial charge in [0, 0.05) is 36.5 Å². The van der Waals surface area contributed by atoms with E-state index < -0.39 is 0 Å². The molecule has 0 bridgehead atoms. The van der Waals surface area contributed by atoms with Gasteiger partial charge in [-0.3, -0.25) is 0 Å². The highest BCUT2D eigenvalue weighted by Gasteiger charge is 2.09. The monoisotopic (exact) mass is 456 g/mol. The van der Waals surface area contributed by atoms with Crippen LogP contribution in [-0.2, 0) is 13.1 Å². The highest BCUT2D eigenvalue weighted by Crippen LogP contribution is 2.29. The van der Waals surface area contributed by atoms with Crippen LogP contribution in [-0.4, -0.2) is 16.2 Å². The van der Waals surface area contributed by atoms with E-state index in [4.69, 9.17) is 4.74 Å². The van der Waals surface area contributed by atoms with Gasteiger partial charge in [0.25, 0.3) is 0 Å². The standard InChI is InChI=1S/C32H28N2O/c1-23-5-3-4-6-29(23)22-34-18-16-26-10-12-28(20-32(26)34)27-11-9-25-15-17-33(31(25)19-27)21-24-7-13-30(35-2)14-8-24/h3-20H,21-22H2,1-2H3. The summed E-state index contributed by atoms with van der Waals surface area (Å²) in [5.74, 6) is 0.885. The summed E-state index contributed by atoms with van der Waals surface area (Å²) in [4.78, 5) is 0. The maximum absolute atomic E-state index is 5.30. The van der Waals surface area contributed by atoms with Crippen molar-refractivity contribution in [2.75, 3.05) is 7.11 Å². The van der Waals surface area contributed by atoms with E-state index in [1.165, 1.54) is 49.6 Å². The zero-order valence-corrected chi connectivity index (χ0v) is 20.1. The van der Waals surface area contributed by atoms with E-state index in [2.05, 4.69) is 113 Å². The first-order chi connectivity index (χ1) is 17.2. The third-order valence-electron chi connectivity index (χ3n) is 7.00. The van der Waals surface area contributed by atoms with Crippen molar-refractivity contribution < 1.29 is 4.74 Å². The van der Waals surface area contributed by atoms with Crippen LogP contribution >= 0.6 is 0 Å². The fourth-order valence-corrected chi connectivity index (χ4v) is 4.90. The van der Waals surface area contributed by atoms with Crippen LogP contribution in [0.1, 0.15) is 16.7 Å². The van der Waals surface area contributed by atoms with Crippen LogP contribution in [0.2, 0.25) is 0 Å². The molecule has 2 aromatic heterocycles. The maximum Gasteiger partial charge on any atom is 0.118 e. The Labute approximate surface area is 205 Å². The molecule has 4 aromatic carbocycles. The molecule has 0 atom stereocenters. The number of aromatic nitrogens is 2. The summed E-state index contributed by atoms with van der Waals surface area (Å²) in [6.45, 7) is 3.89. The number of aryl methyl sites for hydroxylation is 1. The second kappa shape index (κ2) is 8.84. The van der Waals surface area contributed by atoms with Gasteiger partial charge in [0.05, 0.1) is 7.11 Å². The third kappa shape index (κ3) is 4.10. The summed E-state index contributed by atoms with van der Waals surface area (Å²) in [6.07, 6.45) is 4.37. The quantitative estimate of drug-likeness (QED) is 0.251. The van der Waals surface area contributed by atoms with Gasteiger partial charge in [-0.05, 0) is 81.9 Å². The number of benzene rings is 4. The lowest BCUT2D eigenvalue weighted by Crippen LogP contribution is -2.00. The van der Waals surface area contributed by atoms with Gasteiger partial charge >= 0.3 is 0 Å². The zero-order valence-electron chi connectivity index (χ0n) is 20.1. The Hall–Kier alpha value is -4.24. The van der Waals surface area contributed by atoms with Crippen molar-refractivity contribution in [1.82, 2.24) is 9.13 Å². The zero-order chi connectivity index (χ0) is 23.8. The van der Waals surface area contributed by atoms with E-state index in [0.29, 0.717) is 0 Å². The largest absolute Gasteiger partial charge is 0.497 e. The minimum absolute atomic E-state index is 0.829. The summed E-state index contributed by atoms with van der Waals surface area (Å²) >= 11 is 0. The first-order valence-electron chi connectivity index (χ1n) is 12.0. The Morgan fingerprint density at radius 3 is 1.83 bits per heavy atom. The first kappa shape index (κ1) is 21.3. The van der Waals surface area contributed by atoms with Crippen LogP contribution in [0.5, 0.6) is 5.75 Å². The molecular weight excluding hydrogens is 428 g/mol. The number of methoxy groups -OCH3 is 1. The number of fused-ring (bicyclic) bond motifs is 2. The van der Waals surface area contributed by atoms with Gasteiger partial charge in [0.2, 0.25) is 0 Å². The molecule has 0 aliphatic carbocycles. The summed E-state index contributed by atoms with van der Waals surface area (Å²) in [5, 5.41) is 2.53. The van der Waals surface area contributed by atoms with Crippen molar-refractivity contribution in [3.8, 4) is 16.9 Å². The molecule has 0 N–H and O–H groups in total. The molecule has 3 nitrogen and oxygen atoms in total. The predicted octanol–water partition coefficient (Wildman–Crippen LogP) is 7.68. The Morgan fingerprint density at radius 2 is 1.23 bits per heavy atom. The molecule has 2 heterocycles. The molecule has 0 fully saturated rings. The van der Waals surface area contributed by atoms with E-state index in [1.807, 2.05) is 12.1 Å². The number of ether oxygens (including phenoxy) is 1. The topological polar surface area (TPSA) is 19.1 Å². The Morgan fingerprint density at radius 1 is 0.629 bits per heavy atom. The molecule has 0 aliphatic rings. The van der Waals surface area contributed by atoms with Gasteiger partial charge in [-0.15, -0.1) is 0 Å². The minimum Gasteiger partial charge on any atom is -0.497 e. The highest BCUT2D eigenvalue weighted by atomic mass is 16.5. The molecule has 0 unspecified atom stereocenters. The second-order valence-electron chi connectivity index (χ2n) is 9.21. The lowest BCUT2D eigenvalue weighted by atomic mass is 10.0. The molecule has 6 aromatic rings. The van der Waals surface area contributed by atoms with Crippen LogP contribution < -0.4 is 4.74 Å². The van der Waals surface area contributed by atoms with Crippen LogP contribution in [0.3, 0.4) is 0 Å². The van der Waals surface area contributed by atoms with E-state index in [0.717, 1.165) is 18.8 Å². The fraction of sp³-hybridized carbons (Fsp3) is 0.125. The molecule has 172 valence electrons. The molecule has 0 saturated heterocycles. The lowest BCUT2D eigenvalue weighted by molar-refractivity contribution is 0.414. The molecule has 0 amide bonds. The van der Waals surface area contributed by atoms with Crippen molar-refractivity contribution in [2.24, 2.45) is 0 Å². The highest BCUT2D eigenvalue weighted by molar-refractivity contribution is 5.89. The average molecular weight is 457 g/mol. The summed E-state index contributed by atoms with van der Waals surface area (Å²) in [6, 6.07) is 34.9. The van der Waals surface area contributed by atoms with E-state index in [9.17, 15) is 0 Å². The van der Waals surface area contributed by atoms with Crippen LogP contribution in [0.4, 0.5) is 0 Å². The van der Waals surface area contributed by atoms with Gasteiger partial charge in [0.1, 0.15) is 5.75 Å². The fourth-order valence-electron chi connectivity index (χ4n) is 4.90. The van der Waals surface area contributed by atoms with Crippen LogP contribution in [0, 0.1) is 6.92 Å². The molecule has 0 aliphatic heterocycles. The van der Waals surface area contributed by atoms with Gasteiger partial charge in [0.15, 0.2) is 0 Å². The second-order valence-corrected chi connectivity index (χ2v) is 9.21. The van der Waals surface area contributed by atoms with Crippen molar-refractivity contribution >= 4 is 21.8 Å². The van der Waals surface area contributed by atoms with E-state index in [-0.39, 0.29) is 0 Å². The SMILES string of the molecule is COc1ccc(Cn2ccc3ccc(-c4ccc5ccn(Cc6ccccc6C)c5c4)cc32)cc1. The van der Waals surface area contributed by atoms with E-state index in [1.54, 1.807) is 7.11 Å². The molecular formula is C32H28N2O. The molecule has 3 heteroatoms. The van der Waals surface area contributed by atoms with Crippen molar-refractivity contribution in [2.45, 2.75) is 20.0 Å². The smallest absolute Gasteiger partial charge is 0.118 e. The molecule has 0 radical (unpaired) electrons. The Balaban J connectivity index is 1.35.